The van der Waals surface area contributed by atoms with Gasteiger partial charge in [0.15, 0.2) is 0 Å². The van der Waals surface area contributed by atoms with Crippen molar-refractivity contribution in [3.63, 3.8) is 0 Å². The number of amides is 1. The number of ether oxygens (including phenoxy) is 1. The van der Waals surface area contributed by atoms with E-state index >= 15 is 0 Å². The predicted molar refractivity (Wildman–Crippen MR) is 87.5 cm³/mol. The van der Waals surface area contributed by atoms with Crippen molar-refractivity contribution in [3.05, 3.63) is 29.8 Å². The van der Waals surface area contributed by atoms with Crippen LogP contribution in [0.25, 0.3) is 5.78 Å². The highest BCUT2D eigenvalue weighted by molar-refractivity contribution is 5.68. The van der Waals surface area contributed by atoms with Crippen LogP contribution in [0.3, 0.4) is 0 Å². The summed E-state index contributed by atoms with van der Waals surface area (Å²) in [5.41, 5.74) is 1.65. The third-order valence-corrected chi connectivity index (χ3v) is 4.02. The van der Waals surface area contributed by atoms with Crippen LogP contribution in [0.15, 0.2) is 18.5 Å². The number of imidazole rings is 1. The number of fused-ring (bicyclic) bond motifs is 1. The summed E-state index contributed by atoms with van der Waals surface area (Å²) >= 11 is 0. The van der Waals surface area contributed by atoms with Crippen molar-refractivity contribution in [2.45, 2.75) is 52.1 Å². The van der Waals surface area contributed by atoms with Gasteiger partial charge in [0.2, 0.25) is 5.78 Å². The van der Waals surface area contributed by atoms with Crippen LogP contribution in [0.2, 0.25) is 0 Å². The van der Waals surface area contributed by atoms with E-state index in [1.807, 2.05) is 43.2 Å². The average molecular weight is 316 g/mol. The highest BCUT2D eigenvalue weighted by atomic mass is 16.6. The van der Waals surface area contributed by atoms with Gasteiger partial charge in [-0.25, -0.2) is 14.8 Å². The summed E-state index contributed by atoms with van der Waals surface area (Å²) in [5, 5.41) is 0. The lowest BCUT2D eigenvalue weighted by atomic mass is 9.94. The van der Waals surface area contributed by atoms with E-state index in [-0.39, 0.29) is 12.0 Å². The molecule has 1 fully saturated rings. The zero-order valence-electron chi connectivity index (χ0n) is 14.2. The lowest BCUT2D eigenvalue weighted by molar-refractivity contribution is 0.0197. The predicted octanol–water partition coefficient (Wildman–Crippen LogP) is 3.15. The minimum atomic E-state index is -0.463. The number of carbonyl (C=O) groups is 1. The molecule has 0 aliphatic carbocycles. The van der Waals surface area contributed by atoms with Gasteiger partial charge in [-0.05, 0) is 46.6 Å². The first-order chi connectivity index (χ1) is 10.8. The van der Waals surface area contributed by atoms with Crippen LogP contribution >= 0.6 is 0 Å². The summed E-state index contributed by atoms with van der Waals surface area (Å²) in [6.07, 6.45) is 5.50. The molecule has 6 heteroatoms. The molecule has 0 N–H and O–H groups in total. The monoisotopic (exact) mass is 316 g/mol. The van der Waals surface area contributed by atoms with Crippen molar-refractivity contribution in [2.75, 3.05) is 13.1 Å². The topological polar surface area (TPSA) is 59.7 Å². The molecule has 0 bridgehead atoms. The Morgan fingerprint density at radius 2 is 2.17 bits per heavy atom. The summed E-state index contributed by atoms with van der Waals surface area (Å²) in [6, 6.07) is 2.10. The standard InChI is InChI=1S/C17H24N4O2/c1-12-10-14(21-9-7-18-15(21)19-12)13-6-5-8-20(11-13)16(22)23-17(2,3)4/h7,9-10,13H,5-6,8,11H2,1-4H3. The molecular weight excluding hydrogens is 292 g/mol. The molecule has 23 heavy (non-hydrogen) atoms. The SMILES string of the molecule is Cc1cc(C2CCCN(C(=O)OC(C)(C)C)C2)n2ccnc2n1. The van der Waals surface area contributed by atoms with Crippen LogP contribution in [-0.2, 0) is 4.74 Å². The van der Waals surface area contributed by atoms with E-state index in [0.717, 1.165) is 30.9 Å². The quantitative estimate of drug-likeness (QED) is 0.811. The van der Waals surface area contributed by atoms with E-state index in [4.69, 9.17) is 4.74 Å². The van der Waals surface area contributed by atoms with E-state index in [9.17, 15) is 4.79 Å². The number of likely N-dealkylation sites (tertiary alicyclic amines) is 1. The van der Waals surface area contributed by atoms with Crippen LogP contribution in [0, 0.1) is 6.92 Å². The summed E-state index contributed by atoms with van der Waals surface area (Å²) in [5.74, 6) is 0.990. The first-order valence-electron chi connectivity index (χ1n) is 8.12. The van der Waals surface area contributed by atoms with Gasteiger partial charge in [0.25, 0.3) is 0 Å². The Kier molecular flexibility index (Phi) is 4.00. The first-order valence-corrected chi connectivity index (χ1v) is 8.12. The van der Waals surface area contributed by atoms with Gasteiger partial charge >= 0.3 is 6.09 Å². The van der Waals surface area contributed by atoms with E-state index in [1.165, 1.54) is 5.69 Å². The first kappa shape index (κ1) is 15.8. The minimum absolute atomic E-state index is 0.227. The van der Waals surface area contributed by atoms with Gasteiger partial charge in [-0.3, -0.25) is 4.40 Å². The van der Waals surface area contributed by atoms with Gasteiger partial charge in [-0.15, -0.1) is 0 Å². The molecule has 1 atom stereocenters. The number of aryl methyl sites for hydroxylation is 1. The normalized spacial score (nSPS) is 19.1. The summed E-state index contributed by atoms with van der Waals surface area (Å²) < 4.78 is 7.54. The third kappa shape index (κ3) is 3.46. The number of piperidine rings is 1. The molecule has 0 spiro atoms. The maximum absolute atomic E-state index is 12.3. The molecule has 0 saturated carbocycles. The summed E-state index contributed by atoms with van der Waals surface area (Å²) in [7, 11) is 0. The molecule has 1 saturated heterocycles. The average Bonchev–Trinajstić information content (AvgIpc) is 2.92. The molecule has 0 aromatic carbocycles. The second-order valence-corrected chi connectivity index (χ2v) is 7.19. The second kappa shape index (κ2) is 5.83. The molecule has 1 unspecified atom stereocenters. The molecular formula is C17H24N4O2. The van der Waals surface area contributed by atoms with Gasteiger partial charge in [0, 0.05) is 42.8 Å². The van der Waals surface area contributed by atoms with Crippen molar-refractivity contribution < 1.29 is 9.53 Å². The fourth-order valence-electron chi connectivity index (χ4n) is 3.08. The van der Waals surface area contributed by atoms with Crippen LogP contribution in [0.1, 0.15) is 50.9 Å². The van der Waals surface area contributed by atoms with Crippen LogP contribution in [-0.4, -0.2) is 44.1 Å². The maximum Gasteiger partial charge on any atom is 0.410 e. The number of nitrogens with zero attached hydrogens (tertiary/aromatic N) is 4. The van der Waals surface area contributed by atoms with Gasteiger partial charge in [0.05, 0.1) is 0 Å². The van der Waals surface area contributed by atoms with Crippen molar-refractivity contribution in [2.24, 2.45) is 0 Å². The van der Waals surface area contributed by atoms with Gasteiger partial charge < -0.3 is 9.64 Å². The number of carbonyl (C=O) groups excluding carboxylic acids is 1. The third-order valence-electron chi connectivity index (χ3n) is 4.02. The Morgan fingerprint density at radius 3 is 2.91 bits per heavy atom. The fraction of sp³-hybridized carbons (Fsp3) is 0.588. The van der Waals surface area contributed by atoms with Crippen molar-refractivity contribution in [1.29, 1.82) is 0 Å². The Hall–Kier alpha value is -2.11. The molecule has 124 valence electrons. The lowest BCUT2D eigenvalue weighted by Crippen LogP contribution is -2.42. The Morgan fingerprint density at radius 1 is 1.39 bits per heavy atom. The minimum Gasteiger partial charge on any atom is -0.444 e. The van der Waals surface area contributed by atoms with Crippen LogP contribution < -0.4 is 0 Å². The molecule has 1 aliphatic rings. The molecule has 6 nitrogen and oxygen atoms in total. The Balaban J connectivity index is 1.83. The molecule has 0 radical (unpaired) electrons. The highest BCUT2D eigenvalue weighted by Crippen LogP contribution is 2.28. The number of rotatable bonds is 1. The number of aromatic nitrogens is 3. The highest BCUT2D eigenvalue weighted by Gasteiger charge is 2.29. The van der Waals surface area contributed by atoms with Crippen LogP contribution in [0.5, 0.6) is 0 Å². The zero-order chi connectivity index (χ0) is 16.6. The zero-order valence-corrected chi connectivity index (χ0v) is 14.2. The molecule has 2 aromatic rings. The van der Waals surface area contributed by atoms with Gasteiger partial charge in [0.1, 0.15) is 5.60 Å². The van der Waals surface area contributed by atoms with Crippen molar-refractivity contribution >= 4 is 11.9 Å². The van der Waals surface area contributed by atoms with E-state index < -0.39 is 5.60 Å². The summed E-state index contributed by atoms with van der Waals surface area (Å²) in [6.45, 7) is 9.09. The van der Waals surface area contributed by atoms with Crippen LogP contribution in [0.4, 0.5) is 4.79 Å². The smallest absolute Gasteiger partial charge is 0.410 e. The van der Waals surface area contributed by atoms with E-state index in [0.29, 0.717) is 6.54 Å². The largest absolute Gasteiger partial charge is 0.444 e. The maximum atomic E-state index is 12.3. The van der Waals surface area contributed by atoms with Gasteiger partial charge in [-0.2, -0.15) is 0 Å². The van der Waals surface area contributed by atoms with E-state index in [1.54, 1.807) is 6.20 Å². The second-order valence-electron chi connectivity index (χ2n) is 7.19. The van der Waals surface area contributed by atoms with Crippen molar-refractivity contribution in [1.82, 2.24) is 19.3 Å². The molecule has 3 heterocycles. The fourth-order valence-corrected chi connectivity index (χ4v) is 3.08. The Bertz CT molecular complexity index is 717. The number of hydrogen-bond acceptors (Lipinski definition) is 4. The van der Waals surface area contributed by atoms with Crippen molar-refractivity contribution in [3.8, 4) is 0 Å². The summed E-state index contributed by atoms with van der Waals surface area (Å²) in [4.78, 5) is 22.9. The van der Waals surface area contributed by atoms with Gasteiger partial charge in [-0.1, -0.05) is 0 Å². The molecule has 1 amide bonds. The molecule has 2 aromatic heterocycles. The van der Waals surface area contributed by atoms with E-state index in [2.05, 4.69) is 16.0 Å². The number of hydrogen-bond donors (Lipinski definition) is 0. The lowest BCUT2D eigenvalue weighted by Gasteiger charge is -2.34. The molecule has 3 rings (SSSR count). The molecule has 1 aliphatic heterocycles. The Labute approximate surface area is 136 Å².